The van der Waals surface area contributed by atoms with Gasteiger partial charge in [-0.1, -0.05) is 101 Å². The van der Waals surface area contributed by atoms with Crippen LogP contribution in [0.4, 0.5) is 0 Å². The Morgan fingerprint density at radius 1 is 0.816 bits per heavy atom. The molecule has 0 saturated carbocycles. The lowest BCUT2D eigenvalue weighted by Crippen LogP contribution is -2.24. The topological polar surface area (TPSA) is 27.0 Å². The van der Waals surface area contributed by atoms with E-state index in [1.807, 2.05) is 31.2 Å². The number of allylic oxidation sites excluding steroid dienone is 1. The molecule has 196 valence electrons. The smallest absolute Gasteiger partial charge is 0.0991 e. The summed E-state index contributed by atoms with van der Waals surface area (Å²) in [5, 5.41) is 11.5. The quantitative estimate of drug-likeness (QED) is 0.225. The third-order valence-electron chi connectivity index (χ3n) is 6.24. The average Bonchev–Trinajstić information content (AvgIpc) is 2.95. The molecule has 0 N–H and O–H groups in total. The van der Waals surface area contributed by atoms with Crippen LogP contribution < -0.4 is 0 Å². The molecule has 0 spiro atoms. The summed E-state index contributed by atoms with van der Waals surface area (Å²) in [7, 11) is 2.19. The van der Waals surface area contributed by atoms with E-state index in [0.717, 1.165) is 26.7 Å². The van der Waals surface area contributed by atoms with Crippen molar-refractivity contribution in [1.82, 2.24) is 4.90 Å². The van der Waals surface area contributed by atoms with Gasteiger partial charge >= 0.3 is 0 Å². The van der Waals surface area contributed by atoms with Gasteiger partial charge in [0, 0.05) is 4.47 Å². The van der Waals surface area contributed by atoms with E-state index in [9.17, 15) is 0 Å². The first-order valence-corrected chi connectivity index (χ1v) is 13.8. The summed E-state index contributed by atoms with van der Waals surface area (Å²) >= 11 is 3.45. The largest absolute Gasteiger partial charge is 0.306 e. The van der Waals surface area contributed by atoms with Gasteiger partial charge in [-0.3, -0.25) is 0 Å². The number of aryl methyl sites for hydroxylation is 1. The van der Waals surface area contributed by atoms with Crippen LogP contribution in [0.1, 0.15) is 42.9 Å². The zero-order valence-corrected chi connectivity index (χ0v) is 24.6. The van der Waals surface area contributed by atoms with Crippen LogP contribution in [0.5, 0.6) is 0 Å². The lowest BCUT2D eigenvalue weighted by atomic mass is 10.0. The number of hydrogen-bond acceptors (Lipinski definition) is 2. The minimum absolute atomic E-state index is 0.687. The lowest BCUT2D eigenvalue weighted by Gasteiger charge is -2.20. The maximum Gasteiger partial charge on any atom is 0.0991 e. The molecule has 1 heterocycles. The zero-order valence-electron chi connectivity index (χ0n) is 23.0. The third-order valence-corrected chi connectivity index (χ3v) is 6.73. The van der Waals surface area contributed by atoms with Crippen molar-refractivity contribution in [3.63, 3.8) is 0 Å². The normalized spacial score (nSPS) is 12.4. The highest BCUT2D eigenvalue weighted by Gasteiger charge is 2.02. The van der Waals surface area contributed by atoms with E-state index in [-0.39, 0.29) is 0 Å². The van der Waals surface area contributed by atoms with Crippen molar-refractivity contribution >= 4 is 32.3 Å². The molecule has 1 saturated heterocycles. The number of likely N-dealkylation sites (tertiary alicyclic amines) is 1. The van der Waals surface area contributed by atoms with Crippen LogP contribution in [0.25, 0.3) is 27.5 Å². The molecule has 3 heteroatoms. The van der Waals surface area contributed by atoms with Gasteiger partial charge in [0.25, 0.3) is 0 Å². The van der Waals surface area contributed by atoms with Gasteiger partial charge in [-0.05, 0) is 98.6 Å². The number of rotatable bonds is 2. The summed E-state index contributed by atoms with van der Waals surface area (Å²) < 4.78 is 1.14. The molecule has 1 fully saturated rings. The Morgan fingerprint density at radius 3 is 2.03 bits per heavy atom. The van der Waals surface area contributed by atoms with Gasteiger partial charge in [-0.15, -0.1) is 13.2 Å². The molecular weight excluding hydrogens is 528 g/mol. The highest BCUT2D eigenvalue weighted by molar-refractivity contribution is 9.10. The number of benzene rings is 4. The standard InChI is InChI=1S/C16H13N.C11H9Br.C6H13N.C2H4/c1-12(2)14-6-8-15(9-7-14)16-5-3-4-13(10-16)11-17;1-8-2-3-10-7-11(12)5-4-9(10)6-8;1-7-5-3-2-4-6-7;1-2/h3-10H,1H2,2H3;2-7H,1H3;2-6H2,1H3;1-2H2. The number of hydrogen-bond donors (Lipinski definition) is 0. The highest BCUT2D eigenvalue weighted by Crippen LogP contribution is 2.23. The van der Waals surface area contributed by atoms with Crippen LogP contribution in [0, 0.1) is 18.3 Å². The highest BCUT2D eigenvalue weighted by atomic mass is 79.9. The van der Waals surface area contributed by atoms with Crippen LogP contribution in [-0.2, 0) is 0 Å². The van der Waals surface area contributed by atoms with Gasteiger partial charge in [0.2, 0.25) is 0 Å². The van der Waals surface area contributed by atoms with Crippen LogP contribution in [0.2, 0.25) is 0 Å². The van der Waals surface area contributed by atoms with Crippen molar-refractivity contribution in [3.8, 4) is 17.2 Å². The fraction of sp³-hybridized carbons (Fsp3) is 0.229. The van der Waals surface area contributed by atoms with E-state index in [2.05, 4.69) is 121 Å². The van der Waals surface area contributed by atoms with E-state index in [1.54, 1.807) is 0 Å². The first-order valence-electron chi connectivity index (χ1n) is 13.0. The Bertz CT molecular complexity index is 1300. The average molecular weight is 568 g/mol. The molecule has 0 bridgehead atoms. The minimum Gasteiger partial charge on any atom is -0.306 e. The summed E-state index contributed by atoms with van der Waals surface area (Å²) in [5.41, 5.74) is 6.38. The van der Waals surface area contributed by atoms with Crippen LogP contribution in [0.15, 0.2) is 109 Å². The Kier molecular flexibility index (Phi) is 13.3. The fourth-order valence-electron chi connectivity index (χ4n) is 4.10. The summed E-state index contributed by atoms with van der Waals surface area (Å²) in [4.78, 5) is 2.39. The molecule has 4 aromatic carbocycles. The van der Waals surface area contributed by atoms with Gasteiger partial charge < -0.3 is 4.90 Å². The second kappa shape index (κ2) is 16.4. The van der Waals surface area contributed by atoms with Crippen molar-refractivity contribution in [2.75, 3.05) is 20.1 Å². The van der Waals surface area contributed by atoms with Crippen LogP contribution in [-0.4, -0.2) is 25.0 Å². The van der Waals surface area contributed by atoms with E-state index in [1.165, 1.54) is 48.7 Å². The first-order chi connectivity index (χ1) is 18.4. The van der Waals surface area contributed by atoms with Crippen LogP contribution >= 0.6 is 15.9 Å². The summed E-state index contributed by atoms with van der Waals surface area (Å²) in [6.45, 7) is 16.7. The van der Waals surface area contributed by atoms with E-state index < -0.39 is 0 Å². The second-order valence-corrected chi connectivity index (χ2v) is 10.3. The Morgan fingerprint density at radius 2 is 1.45 bits per heavy atom. The minimum atomic E-state index is 0.687. The summed E-state index contributed by atoms with van der Waals surface area (Å²) in [5.74, 6) is 0. The number of halogens is 1. The maximum absolute atomic E-state index is 8.86. The van der Waals surface area contributed by atoms with Crippen LogP contribution in [0.3, 0.4) is 0 Å². The van der Waals surface area contributed by atoms with Gasteiger partial charge in [0.05, 0.1) is 11.6 Å². The molecule has 4 aromatic rings. The van der Waals surface area contributed by atoms with Crippen molar-refractivity contribution in [2.24, 2.45) is 0 Å². The van der Waals surface area contributed by atoms with E-state index >= 15 is 0 Å². The van der Waals surface area contributed by atoms with Gasteiger partial charge in [-0.2, -0.15) is 5.26 Å². The molecule has 2 nitrogen and oxygen atoms in total. The predicted molar refractivity (Wildman–Crippen MR) is 170 cm³/mol. The molecule has 0 radical (unpaired) electrons. The van der Waals surface area contributed by atoms with Gasteiger partial charge in [0.15, 0.2) is 0 Å². The summed E-state index contributed by atoms with van der Waals surface area (Å²) in [6.07, 6.45) is 4.28. The number of piperidine rings is 1. The Hall–Kier alpha value is -3.45. The molecular formula is C35H39BrN2. The monoisotopic (exact) mass is 566 g/mol. The predicted octanol–water partition coefficient (Wildman–Crippen LogP) is 10.1. The van der Waals surface area contributed by atoms with Gasteiger partial charge in [-0.25, -0.2) is 0 Å². The first kappa shape index (κ1) is 30.8. The molecule has 1 aliphatic heterocycles. The molecule has 38 heavy (non-hydrogen) atoms. The Labute approximate surface area is 238 Å². The van der Waals surface area contributed by atoms with Crippen molar-refractivity contribution < 1.29 is 0 Å². The number of fused-ring (bicyclic) bond motifs is 1. The molecule has 5 rings (SSSR count). The summed E-state index contributed by atoms with van der Waals surface area (Å²) in [6, 6.07) is 30.8. The van der Waals surface area contributed by atoms with E-state index in [0.29, 0.717) is 5.56 Å². The third kappa shape index (κ3) is 10.1. The number of nitriles is 1. The zero-order chi connectivity index (χ0) is 27.9. The molecule has 1 aliphatic rings. The molecule has 0 aromatic heterocycles. The van der Waals surface area contributed by atoms with Crippen molar-refractivity contribution in [3.05, 3.63) is 126 Å². The van der Waals surface area contributed by atoms with Crippen molar-refractivity contribution in [2.45, 2.75) is 33.1 Å². The number of nitrogens with zero attached hydrogens (tertiary/aromatic N) is 2. The van der Waals surface area contributed by atoms with Gasteiger partial charge in [0.1, 0.15) is 0 Å². The SMILES string of the molecule is C=C.C=C(C)c1ccc(-c2cccc(C#N)c2)cc1.CN1CCCCC1.Cc1ccc2cc(Br)ccc2c1. The second-order valence-electron chi connectivity index (χ2n) is 9.41. The molecule has 0 unspecified atom stereocenters. The molecule has 0 amide bonds. The van der Waals surface area contributed by atoms with E-state index in [4.69, 9.17) is 5.26 Å². The molecule has 0 aliphatic carbocycles. The Balaban J connectivity index is 0.000000209. The lowest BCUT2D eigenvalue weighted by molar-refractivity contribution is 0.277. The maximum atomic E-state index is 8.86. The molecule has 0 atom stereocenters. The van der Waals surface area contributed by atoms with Crippen molar-refractivity contribution in [1.29, 1.82) is 5.26 Å². The fourth-order valence-corrected chi connectivity index (χ4v) is 4.48.